The van der Waals surface area contributed by atoms with Crippen molar-refractivity contribution in [3.05, 3.63) is 11.1 Å². The molecule has 82 valence electrons. The number of alkyl halides is 1. The molecule has 1 unspecified atom stereocenters. The smallest absolute Gasteiger partial charge is 0.247 e. The van der Waals surface area contributed by atoms with E-state index in [-0.39, 0.29) is 5.91 Å². The number of carbonyl (C=O) groups is 1. The molecule has 1 aromatic heterocycles. The summed E-state index contributed by atoms with van der Waals surface area (Å²) in [6.07, 6.45) is 0. The Morgan fingerprint density at radius 2 is 2.33 bits per heavy atom. The quantitative estimate of drug-likeness (QED) is 0.721. The zero-order valence-electron chi connectivity index (χ0n) is 7.93. The van der Waals surface area contributed by atoms with Gasteiger partial charge in [-0.15, -0.1) is 16.7 Å². The number of carbonyl (C=O) groups excluding carboxylic acids is 1. The fraction of sp³-hybridized carbons (Fsp3) is 0.625. The third-order valence-corrected chi connectivity index (χ3v) is 3.11. The van der Waals surface area contributed by atoms with E-state index in [1.165, 1.54) is 11.5 Å². The Bertz CT molecular complexity index is 327. The van der Waals surface area contributed by atoms with Crippen LogP contribution in [0.25, 0.3) is 0 Å². The SMILES string of the molecule is O=C(C(Cl)c1csnn1)N1CCOCC1. The van der Waals surface area contributed by atoms with Gasteiger partial charge < -0.3 is 9.64 Å². The second kappa shape index (κ2) is 4.87. The molecule has 7 heteroatoms. The van der Waals surface area contributed by atoms with Gasteiger partial charge in [0.15, 0.2) is 5.38 Å². The molecular formula is C8H10ClN3O2S. The van der Waals surface area contributed by atoms with Gasteiger partial charge in [0, 0.05) is 18.5 Å². The third kappa shape index (κ3) is 2.45. The summed E-state index contributed by atoms with van der Waals surface area (Å²) >= 11 is 7.19. The summed E-state index contributed by atoms with van der Waals surface area (Å²) in [4.78, 5) is 13.6. The number of rotatable bonds is 2. The van der Waals surface area contributed by atoms with Gasteiger partial charge in [0.1, 0.15) is 5.69 Å². The highest BCUT2D eigenvalue weighted by atomic mass is 35.5. The van der Waals surface area contributed by atoms with Crippen molar-refractivity contribution in [2.75, 3.05) is 26.3 Å². The number of amides is 1. The first-order valence-corrected chi connectivity index (χ1v) is 5.84. The van der Waals surface area contributed by atoms with Gasteiger partial charge in [-0.05, 0) is 11.5 Å². The second-order valence-electron chi connectivity index (χ2n) is 3.13. The molecular weight excluding hydrogens is 238 g/mol. The van der Waals surface area contributed by atoms with E-state index < -0.39 is 5.38 Å². The molecule has 0 aliphatic carbocycles. The standard InChI is InChI=1S/C8H10ClN3O2S/c9-7(6-5-15-11-10-6)8(13)12-1-3-14-4-2-12/h5,7H,1-4H2. The summed E-state index contributed by atoms with van der Waals surface area (Å²) < 4.78 is 8.84. The molecule has 1 aliphatic heterocycles. The van der Waals surface area contributed by atoms with E-state index in [2.05, 4.69) is 9.59 Å². The minimum atomic E-state index is -0.721. The number of aromatic nitrogens is 2. The maximum absolute atomic E-state index is 11.9. The van der Waals surface area contributed by atoms with Crippen LogP contribution in [0, 0.1) is 0 Å². The van der Waals surface area contributed by atoms with Gasteiger partial charge in [0.25, 0.3) is 0 Å². The lowest BCUT2D eigenvalue weighted by Gasteiger charge is -2.27. The molecule has 0 radical (unpaired) electrons. The number of hydrogen-bond donors (Lipinski definition) is 0. The van der Waals surface area contributed by atoms with Crippen LogP contribution in [0.15, 0.2) is 5.38 Å². The zero-order valence-corrected chi connectivity index (χ0v) is 9.50. The van der Waals surface area contributed by atoms with Crippen LogP contribution in [0.4, 0.5) is 0 Å². The average molecular weight is 248 g/mol. The summed E-state index contributed by atoms with van der Waals surface area (Å²) in [5, 5.41) is 4.76. The van der Waals surface area contributed by atoms with Crippen LogP contribution < -0.4 is 0 Å². The van der Waals surface area contributed by atoms with E-state index in [1.54, 1.807) is 10.3 Å². The summed E-state index contributed by atoms with van der Waals surface area (Å²) in [7, 11) is 0. The molecule has 0 saturated carbocycles. The number of morpholine rings is 1. The van der Waals surface area contributed by atoms with Crippen molar-refractivity contribution in [3.8, 4) is 0 Å². The van der Waals surface area contributed by atoms with Crippen LogP contribution in [-0.4, -0.2) is 46.7 Å². The topological polar surface area (TPSA) is 55.3 Å². The van der Waals surface area contributed by atoms with E-state index in [0.717, 1.165) is 0 Å². The molecule has 0 aromatic carbocycles. The van der Waals surface area contributed by atoms with E-state index in [0.29, 0.717) is 32.0 Å². The molecule has 5 nitrogen and oxygen atoms in total. The summed E-state index contributed by atoms with van der Waals surface area (Å²) in [5.74, 6) is -0.118. The number of ether oxygens (including phenoxy) is 1. The maximum atomic E-state index is 11.9. The van der Waals surface area contributed by atoms with Gasteiger partial charge >= 0.3 is 0 Å². The van der Waals surface area contributed by atoms with E-state index >= 15 is 0 Å². The van der Waals surface area contributed by atoms with Crippen molar-refractivity contribution >= 4 is 29.0 Å². The van der Waals surface area contributed by atoms with Crippen molar-refractivity contribution in [2.45, 2.75) is 5.38 Å². The lowest BCUT2D eigenvalue weighted by atomic mass is 10.3. The number of hydrogen-bond acceptors (Lipinski definition) is 5. The fourth-order valence-electron chi connectivity index (χ4n) is 1.35. The molecule has 0 bridgehead atoms. The first-order chi connectivity index (χ1) is 7.29. The van der Waals surface area contributed by atoms with Gasteiger partial charge in [0.05, 0.1) is 13.2 Å². The summed E-state index contributed by atoms with van der Waals surface area (Å²) in [6, 6.07) is 0. The Morgan fingerprint density at radius 3 is 2.93 bits per heavy atom. The van der Waals surface area contributed by atoms with Gasteiger partial charge in [-0.2, -0.15) is 0 Å². The minimum Gasteiger partial charge on any atom is -0.378 e. The van der Waals surface area contributed by atoms with Crippen molar-refractivity contribution in [1.29, 1.82) is 0 Å². The van der Waals surface area contributed by atoms with Crippen LogP contribution in [0.3, 0.4) is 0 Å². The van der Waals surface area contributed by atoms with Crippen LogP contribution in [0.1, 0.15) is 11.1 Å². The molecule has 1 amide bonds. The molecule has 15 heavy (non-hydrogen) atoms. The van der Waals surface area contributed by atoms with E-state index in [4.69, 9.17) is 16.3 Å². The number of nitrogens with zero attached hydrogens (tertiary/aromatic N) is 3. The number of halogens is 1. The van der Waals surface area contributed by atoms with Crippen LogP contribution in [0.5, 0.6) is 0 Å². The fourth-order valence-corrected chi connectivity index (χ4v) is 2.15. The normalized spacial score (nSPS) is 18.9. The van der Waals surface area contributed by atoms with Crippen LogP contribution in [0.2, 0.25) is 0 Å². The highest BCUT2D eigenvalue weighted by Gasteiger charge is 2.26. The molecule has 1 fully saturated rings. The predicted molar refractivity (Wildman–Crippen MR) is 55.9 cm³/mol. The molecule has 0 spiro atoms. The molecule has 1 atom stereocenters. The van der Waals surface area contributed by atoms with E-state index in [9.17, 15) is 4.79 Å². The minimum absolute atomic E-state index is 0.118. The van der Waals surface area contributed by atoms with E-state index in [1.807, 2.05) is 0 Å². The van der Waals surface area contributed by atoms with Gasteiger partial charge in [-0.25, -0.2) is 0 Å². The van der Waals surface area contributed by atoms with Gasteiger partial charge in [-0.1, -0.05) is 4.49 Å². The Balaban J connectivity index is 2.00. The summed E-state index contributed by atoms with van der Waals surface area (Å²) in [6.45, 7) is 2.34. The highest BCUT2D eigenvalue weighted by Crippen LogP contribution is 2.22. The molecule has 0 N–H and O–H groups in total. The largest absolute Gasteiger partial charge is 0.378 e. The first kappa shape index (κ1) is 10.8. The Labute approximate surface area is 96.1 Å². The Kier molecular flexibility index (Phi) is 3.50. The van der Waals surface area contributed by atoms with Crippen molar-refractivity contribution in [1.82, 2.24) is 14.5 Å². The molecule has 2 rings (SSSR count). The monoisotopic (exact) mass is 247 g/mol. The summed E-state index contributed by atoms with van der Waals surface area (Å²) in [5.41, 5.74) is 0.526. The van der Waals surface area contributed by atoms with Crippen molar-refractivity contribution in [2.24, 2.45) is 0 Å². The highest BCUT2D eigenvalue weighted by molar-refractivity contribution is 7.03. The molecule has 2 heterocycles. The molecule has 1 aliphatic rings. The second-order valence-corrected chi connectivity index (χ2v) is 4.18. The predicted octanol–water partition coefficient (Wildman–Crippen LogP) is 0.677. The third-order valence-electron chi connectivity index (χ3n) is 2.18. The Hall–Kier alpha value is -0.720. The first-order valence-electron chi connectivity index (χ1n) is 4.56. The Morgan fingerprint density at radius 1 is 1.60 bits per heavy atom. The lowest BCUT2D eigenvalue weighted by Crippen LogP contribution is -2.42. The van der Waals surface area contributed by atoms with Crippen molar-refractivity contribution in [3.63, 3.8) is 0 Å². The van der Waals surface area contributed by atoms with Crippen LogP contribution >= 0.6 is 23.1 Å². The molecule has 1 aromatic rings. The lowest BCUT2D eigenvalue weighted by molar-refractivity contribution is -0.135. The van der Waals surface area contributed by atoms with Gasteiger partial charge in [-0.3, -0.25) is 4.79 Å². The zero-order chi connectivity index (χ0) is 10.7. The van der Waals surface area contributed by atoms with Crippen LogP contribution in [-0.2, 0) is 9.53 Å². The average Bonchev–Trinajstić information content (AvgIpc) is 2.82. The molecule has 1 saturated heterocycles. The van der Waals surface area contributed by atoms with Gasteiger partial charge in [0.2, 0.25) is 5.91 Å². The maximum Gasteiger partial charge on any atom is 0.247 e. The van der Waals surface area contributed by atoms with Crippen molar-refractivity contribution < 1.29 is 9.53 Å².